The van der Waals surface area contributed by atoms with Crippen LogP contribution in [0.25, 0.3) is 0 Å². The van der Waals surface area contributed by atoms with Crippen molar-refractivity contribution in [1.29, 1.82) is 0 Å². The van der Waals surface area contributed by atoms with Gasteiger partial charge < -0.3 is 15.8 Å². The zero-order valence-corrected chi connectivity index (χ0v) is 11.6. The predicted octanol–water partition coefficient (Wildman–Crippen LogP) is 2.14. The minimum atomic E-state index is -0.390. The number of hydrogen-bond donors (Lipinski definition) is 2. The molecule has 5 heteroatoms. The molecule has 1 aromatic carbocycles. The number of nitrogens with one attached hydrogen (secondary N) is 1. The molecule has 0 spiro atoms. The van der Waals surface area contributed by atoms with Crippen LogP contribution in [-0.2, 0) is 4.79 Å². The lowest BCUT2D eigenvalue weighted by Gasteiger charge is -2.11. The maximum absolute atomic E-state index is 13.6. The van der Waals surface area contributed by atoms with Gasteiger partial charge in [-0.2, -0.15) is 0 Å². The lowest BCUT2D eigenvalue weighted by Crippen LogP contribution is -2.31. The van der Waals surface area contributed by atoms with E-state index in [2.05, 4.69) is 5.32 Å². The second kappa shape index (κ2) is 7.09. The van der Waals surface area contributed by atoms with Crippen LogP contribution in [0.15, 0.2) is 18.2 Å². The molecule has 3 N–H and O–H groups in total. The van der Waals surface area contributed by atoms with Crippen molar-refractivity contribution in [3.63, 3.8) is 0 Å². The molecule has 0 heterocycles. The molecule has 0 bridgehead atoms. The van der Waals surface area contributed by atoms with Gasteiger partial charge in [-0.3, -0.25) is 4.79 Å². The Bertz CT molecular complexity index is 433. The maximum atomic E-state index is 13.6. The Morgan fingerprint density at radius 1 is 1.42 bits per heavy atom. The lowest BCUT2D eigenvalue weighted by atomic mass is 10.1. The van der Waals surface area contributed by atoms with Gasteiger partial charge in [-0.15, -0.1) is 0 Å². The molecule has 0 saturated carbocycles. The molecule has 0 unspecified atom stereocenters. The summed E-state index contributed by atoms with van der Waals surface area (Å²) in [6, 6.07) is 4.30. The van der Waals surface area contributed by atoms with Gasteiger partial charge in [-0.25, -0.2) is 4.39 Å². The number of halogens is 1. The van der Waals surface area contributed by atoms with E-state index in [1.165, 1.54) is 6.07 Å². The first kappa shape index (κ1) is 15.4. The van der Waals surface area contributed by atoms with Gasteiger partial charge in [0.15, 0.2) is 0 Å². The minimum Gasteiger partial charge on any atom is -0.493 e. The van der Waals surface area contributed by atoms with E-state index in [1.807, 2.05) is 13.8 Å². The fourth-order valence-electron chi connectivity index (χ4n) is 1.62. The van der Waals surface area contributed by atoms with E-state index in [0.29, 0.717) is 11.3 Å². The van der Waals surface area contributed by atoms with Crippen molar-refractivity contribution in [2.24, 2.45) is 5.73 Å². The van der Waals surface area contributed by atoms with Gasteiger partial charge in [0, 0.05) is 23.7 Å². The minimum absolute atomic E-state index is 0.0809. The first-order valence-electron chi connectivity index (χ1n) is 6.37. The summed E-state index contributed by atoms with van der Waals surface area (Å²) in [6.07, 6.45) is 0.245. The van der Waals surface area contributed by atoms with E-state index in [4.69, 9.17) is 10.5 Å². The quantitative estimate of drug-likeness (QED) is 0.830. The van der Waals surface area contributed by atoms with Crippen LogP contribution >= 0.6 is 0 Å². The van der Waals surface area contributed by atoms with Crippen LogP contribution in [-0.4, -0.2) is 18.6 Å². The van der Waals surface area contributed by atoms with Gasteiger partial charge in [-0.05, 0) is 26.8 Å². The summed E-state index contributed by atoms with van der Waals surface area (Å²) in [5.41, 5.74) is 6.07. The highest BCUT2D eigenvalue weighted by molar-refractivity contribution is 5.76. The molecule has 4 nitrogen and oxygen atoms in total. The summed E-state index contributed by atoms with van der Waals surface area (Å²) in [6.45, 7) is 5.71. The topological polar surface area (TPSA) is 64.3 Å². The van der Waals surface area contributed by atoms with Gasteiger partial charge >= 0.3 is 0 Å². The SMILES string of the molecule is CC(C)NC(=O)CCOc1ccc([C@@H](C)N)c(F)c1. The molecular weight excluding hydrogens is 247 g/mol. The molecule has 0 aromatic heterocycles. The fraction of sp³-hybridized carbons (Fsp3) is 0.500. The van der Waals surface area contributed by atoms with E-state index in [0.717, 1.165) is 0 Å². The van der Waals surface area contributed by atoms with Crippen molar-refractivity contribution in [2.45, 2.75) is 39.3 Å². The normalized spacial score (nSPS) is 12.3. The van der Waals surface area contributed by atoms with E-state index >= 15 is 0 Å². The molecule has 1 amide bonds. The summed E-state index contributed by atoms with van der Waals surface area (Å²) < 4.78 is 19.0. The maximum Gasteiger partial charge on any atom is 0.223 e. The van der Waals surface area contributed by atoms with Crippen molar-refractivity contribution in [3.8, 4) is 5.75 Å². The Balaban J connectivity index is 2.46. The molecule has 1 atom stereocenters. The van der Waals surface area contributed by atoms with Gasteiger partial charge in [0.25, 0.3) is 0 Å². The smallest absolute Gasteiger partial charge is 0.223 e. The molecule has 0 aliphatic carbocycles. The Kier molecular flexibility index (Phi) is 5.76. The largest absolute Gasteiger partial charge is 0.493 e. The number of nitrogens with two attached hydrogens (primary N) is 1. The van der Waals surface area contributed by atoms with E-state index in [1.54, 1.807) is 19.1 Å². The van der Waals surface area contributed by atoms with Crippen LogP contribution in [0.3, 0.4) is 0 Å². The number of amides is 1. The number of hydrogen-bond acceptors (Lipinski definition) is 3. The van der Waals surface area contributed by atoms with Crippen molar-refractivity contribution in [3.05, 3.63) is 29.6 Å². The predicted molar refractivity (Wildman–Crippen MR) is 72.4 cm³/mol. The van der Waals surface area contributed by atoms with Crippen LogP contribution in [0.2, 0.25) is 0 Å². The molecule has 0 aliphatic rings. The lowest BCUT2D eigenvalue weighted by molar-refractivity contribution is -0.122. The van der Waals surface area contributed by atoms with E-state index < -0.39 is 0 Å². The first-order chi connectivity index (χ1) is 8.90. The Morgan fingerprint density at radius 3 is 2.63 bits per heavy atom. The molecule has 1 rings (SSSR count). The standard InChI is InChI=1S/C14H21FN2O2/c1-9(2)17-14(18)6-7-19-11-4-5-12(10(3)16)13(15)8-11/h4-5,8-10H,6-7,16H2,1-3H3,(H,17,18)/t10-/m1/s1. The van der Waals surface area contributed by atoms with E-state index in [-0.39, 0.29) is 36.8 Å². The van der Waals surface area contributed by atoms with Gasteiger partial charge in [0.05, 0.1) is 13.0 Å². The highest BCUT2D eigenvalue weighted by Crippen LogP contribution is 2.20. The second-order valence-electron chi connectivity index (χ2n) is 4.79. The summed E-state index contributed by atoms with van der Waals surface area (Å²) in [4.78, 5) is 11.4. The van der Waals surface area contributed by atoms with Crippen LogP contribution < -0.4 is 15.8 Å². The first-order valence-corrected chi connectivity index (χ1v) is 6.37. The molecule has 0 saturated heterocycles. The third-order valence-electron chi connectivity index (χ3n) is 2.51. The summed E-state index contributed by atoms with van der Waals surface area (Å²) >= 11 is 0. The third kappa shape index (κ3) is 5.26. The van der Waals surface area contributed by atoms with Crippen LogP contribution in [0.1, 0.15) is 38.8 Å². The average Bonchev–Trinajstić information content (AvgIpc) is 2.27. The van der Waals surface area contributed by atoms with Crippen molar-refractivity contribution in [1.82, 2.24) is 5.32 Å². The van der Waals surface area contributed by atoms with Crippen molar-refractivity contribution < 1.29 is 13.9 Å². The Labute approximate surface area is 113 Å². The molecule has 0 aliphatic heterocycles. The zero-order valence-electron chi connectivity index (χ0n) is 11.6. The number of carbonyl (C=O) groups is 1. The second-order valence-corrected chi connectivity index (χ2v) is 4.79. The number of benzene rings is 1. The average molecular weight is 268 g/mol. The Hall–Kier alpha value is -1.62. The fourth-order valence-corrected chi connectivity index (χ4v) is 1.62. The number of rotatable bonds is 6. The highest BCUT2D eigenvalue weighted by atomic mass is 19.1. The van der Waals surface area contributed by atoms with Gasteiger partial charge in [0.2, 0.25) is 5.91 Å². The molecular formula is C14H21FN2O2. The molecule has 1 aromatic rings. The molecule has 0 fully saturated rings. The van der Waals surface area contributed by atoms with Crippen molar-refractivity contribution >= 4 is 5.91 Å². The zero-order chi connectivity index (χ0) is 14.4. The number of ether oxygens (including phenoxy) is 1. The van der Waals surface area contributed by atoms with Crippen LogP contribution in [0, 0.1) is 5.82 Å². The summed E-state index contributed by atoms with van der Waals surface area (Å²) in [7, 11) is 0. The van der Waals surface area contributed by atoms with Gasteiger partial charge in [-0.1, -0.05) is 6.07 Å². The van der Waals surface area contributed by atoms with Gasteiger partial charge in [0.1, 0.15) is 11.6 Å². The highest BCUT2D eigenvalue weighted by Gasteiger charge is 2.09. The van der Waals surface area contributed by atoms with Crippen LogP contribution in [0.4, 0.5) is 4.39 Å². The number of carbonyl (C=O) groups excluding carboxylic acids is 1. The Morgan fingerprint density at radius 2 is 2.11 bits per heavy atom. The summed E-state index contributed by atoms with van der Waals surface area (Å²) in [5.74, 6) is -0.0685. The molecule has 106 valence electrons. The monoisotopic (exact) mass is 268 g/mol. The summed E-state index contributed by atoms with van der Waals surface area (Å²) in [5, 5.41) is 2.75. The molecule has 0 radical (unpaired) electrons. The third-order valence-corrected chi connectivity index (χ3v) is 2.51. The van der Waals surface area contributed by atoms with Crippen LogP contribution in [0.5, 0.6) is 5.75 Å². The van der Waals surface area contributed by atoms with E-state index in [9.17, 15) is 9.18 Å². The van der Waals surface area contributed by atoms with Crippen molar-refractivity contribution in [2.75, 3.05) is 6.61 Å². The molecule has 19 heavy (non-hydrogen) atoms.